The van der Waals surface area contributed by atoms with Crippen LogP contribution < -0.4 is 9.64 Å². The highest BCUT2D eigenvalue weighted by Crippen LogP contribution is 2.28. The van der Waals surface area contributed by atoms with Crippen LogP contribution in [-0.4, -0.2) is 59.3 Å². The maximum absolute atomic E-state index is 5.29. The number of methoxy groups -OCH3 is 1. The van der Waals surface area contributed by atoms with Crippen molar-refractivity contribution in [1.82, 2.24) is 19.4 Å². The summed E-state index contributed by atoms with van der Waals surface area (Å²) in [6.45, 7) is 6.07. The topological polar surface area (TPSA) is 46.4 Å². The molecule has 0 radical (unpaired) electrons. The summed E-state index contributed by atoms with van der Waals surface area (Å²) in [4.78, 5) is 15.0. The van der Waals surface area contributed by atoms with E-state index in [0.717, 1.165) is 67.2 Å². The van der Waals surface area contributed by atoms with Gasteiger partial charge >= 0.3 is 0 Å². The summed E-state index contributed by atoms with van der Waals surface area (Å²) in [5.74, 6) is 0.902. The lowest BCUT2D eigenvalue weighted by atomic mass is 10.2. The maximum atomic E-state index is 5.29. The summed E-state index contributed by atoms with van der Waals surface area (Å²) < 4.78 is 7.63. The second-order valence-electron chi connectivity index (χ2n) is 8.58. The number of para-hydroxylation sites is 3. The van der Waals surface area contributed by atoms with Gasteiger partial charge in [-0.3, -0.25) is 4.90 Å². The molecule has 2 aromatic heterocycles. The molecule has 3 heterocycles. The molecule has 1 aliphatic rings. The minimum absolute atomic E-state index is 0.902. The van der Waals surface area contributed by atoms with E-state index in [9.17, 15) is 0 Å². The van der Waals surface area contributed by atoms with Crippen LogP contribution >= 0.6 is 0 Å². The smallest absolute Gasteiger partial charge is 0.160 e. The molecule has 0 amide bonds. The van der Waals surface area contributed by atoms with E-state index in [0.29, 0.717) is 0 Å². The lowest BCUT2D eigenvalue weighted by Crippen LogP contribution is -2.47. The van der Waals surface area contributed by atoms with Crippen molar-refractivity contribution in [2.75, 3.05) is 44.7 Å². The van der Waals surface area contributed by atoms with E-state index < -0.39 is 0 Å². The zero-order valence-corrected chi connectivity index (χ0v) is 18.8. The fourth-order valence-electron chi connectivity index (χ4n) is 4.87. The lowest BCUT2D eigenvalue weighted by molar-refractivity contribution is 0.250. The van der Waals surface area contributed by atoms with Crippen molar-refractivity contribution in [3.8, 4) is 5.75 Å². The van der Waals surface area contributed by atoms with Crippen molar-refractivity contribution in [1.29, 1.82) is 0 Å². The van der Waals surface area contributed by atoms with Gasteiger partial charge < -0.3 is 14.2 Å². The fourth-order valence-corrected chi connectivity index (χ4v) is 4.87. The molecule has 6 heteroatoms. The second kappa shape index (κ2) is 8.37. The standard InChI is InChI=1S/C27H27N5O/c1-33-21-12-10-20(11-13-21)31-17-14-30(15-18-31)16-19-32-25-9-5-2-6-22(25)26-27(32)29-24-8-4-3-7-23(24)28-26/h2-13H,14-19H2,1H3. The van der Waals surface area contributed by atoms with Crippen LogP contribution in [0.15, 0.2) is 72.8 Å². The molecule has 1 aliphatic heterocycles. The highest BCUT2D eigenvalue weighted by Gasteiger charge is 2.19. The van der Waals surface area contributed by atoms with E-state index in [-0.39, 0.29) is 0 Å². The van der Waals surface area contributed by atoms with Crippen LogP contribution in [0.2, 0.25) is 0 Å². The van der Waals surface area contributed by atoms with Gasteiger partial charge in [0.1, 0.15) is 11.3 Å². The average molecular weight is 438 g/mol. The lowest BCUT2D eigenvalue weighted by Gasteiger charge is -2.36. The van der Waals surface area contributed by atoms with Gasteiger partial charge in [0.05, 0.1) is 23.7 Å². The molecule has 6 rings (SSSR count). The Balaban J connectivity index is 1.22. The molecular weight excluding hydrogens is 410 g/mol. The van der Waals surface area contributed by atoms with E-state index in [1.54, 1.807) is 7.11 Å². The Labute approximate surface area is 193 Å². The first-order chi connectivity index (χ1) is 16.3. The van der Waals surface area contributed by atoms with Crippen LogP contribution in [0.4, 0.5) is 5.69 Å². The fraction of sp³-hybridized carbons (Fsp3) is 0.259. The van der Waals surface area contributed by atoms with Gasteiger partial charge in [0.15, 0.2) is 5.65 Å². The van der Waals surface area contributed by atoms with Crippen LogP contribution in [-0.2, 0) is 6.54 Å². The average Bonchev–Trinajstić information content (AvgIpc) is 3.19. The van der Waals surface area contributed by atoms with Gasteiger partial charge in [0, 0.05) is 50.3 Å². The zero-order chi connectivity index (χ0) is 22.2. The number of nitrogens with zero attached hydrogens (tertiary/aromatic N) is 5. The van der Waals surface area contributed by atoms with Crippen molar-refractivity contribution in [3.63, 3.8) is 0 Å². The summed E-state index contributed by atoms with van der Waals surface area (Å²) in [7, 11) is 1.71. The Hall–Kier alpha value is -3.64. The first-order valence-electron chi connectivity index (χ1n) is 11.6. The van der Waals surface area contributed by atoms with Gasteiger partial charge in [-0.25, -0.2) is 9.97 Å². The molecule has 0 bridgehead atoms. The molecule has 1 saturated heterocycles. The van der Waals surface area contributed by atoms with Gasteiger partial charge in [-0.2, -0.15) is 0 Å². The maximum Gasteiger partial charge on any atom is 0.160 e. The van der Waals surface area contributed by atoms with Gasteiger partial charge in [-0.15, -0.1) is 0 Å². The van der Waals surface area contributed by atoms with Crippen LogP contribution in [0.25, 0.3) is 33.1 Å². The number of hydrogen-bond donors (Lipinski definition) is 0. The van der Waals surface area contributed by atoms with Gasteiger partial charge in [0.25, 0.3) is 0 Å². The van der Waals surface area contributed by atoms with Gasteiger partial charge in [-0.05, 0) is 42.5 Å². The first-order valence-corrected chi connectivity index (χ1v) is 11.6. The van der Waals surface area contributed by atoms with Crippen LogP contribution in [0.1, 0.15) is 0 Å². The minimum Gasteiger partial charge on any atom is -0.497 e. The first kappa shape index (κ1) is 20.0. The summed E-state index contributed by atoms with van der Waals surface area (Å²) in [6.07, 6.45) is 0. The largest absolute Gasteiger partial charge is 0.497 e. The number of hydrogen-bond acceptors (Lipinski definition) is 5. The van der Waals surface area contributed by atoms with E-state index in [4.69, 9.17) is 14.7 Å². The zero-order valence-electron chi connectivity index (χ0n) is 18.8. The third-order valence-electron chi connectivity index (χ3n) is 6.71. The van der Waals surface area contributed by atoms with Crippen molar-refractivity contribution >= 4 is 38.8 Å². The molecular formula is C27H27N5O. The molecule has 33 heavy (non-hydrogen) atoms. The number of piperazine rings is 1. The molecule has 1 fully saturated rings. The highest BCUT2D eigenvalue weighted by atomic mass is 16.5. The summed E-state index contributed by atoms with van der Waals surface area (Å²) in [6, 6.07) is 25.0. The third kappa shape index (κ3) is 3.66. The SMILES string of the molecule is COc1ccc(N2CCN(CCn3c4ccccc4c4nc5ccccc5nc43)CC2)cc1. The number of anilines is 1. The van der Waals surface area contributed by atoms with Crippen molar-refractivity contribution in [3.05, 3.63) is 72.8 Å². The number of rotatable bonds is 5. The molecule has 0 spiro atoms. The Kier molecular flexibility index (Phi) is 5.07. The van der Waals surface area contributed by atoms with Gasteiger partial charge in [-0.1, -0.05) is 30.3 Å². The normalized spacial score (nSPS) is 15.0. The molecule has 0 saturated carbocycles. The monoisotopic (exact) mass is 437 g/mol. The van der Waals surface area contributed by atoms with Crippen molar-refractivity contribution in [2.24, 2.45) is 0 Å². The van der Waals surface area contributed by atoms with Crippen LogP contribution in [0, 0.1) is 0 Å². The summed E-state index contributed by atoms with van der Waals surface area (Å²) in [5.41, 5.74) is 6.34. The summed E-state index contributed by atoms with van der Waals surface area (Å²) in [5, 5.41) is 1.18. The number of fused-ring (bicyclic) bond motifs is 4. The molecule has 0 atom stereocenters. The molecule has 0 unspecified atom stereocenters. The van der Waals surface area contributed by atoms with E-state index >= 15 is 0 Å². The van der Waals surface area contributed by atoms with E-state index in [2.05, 4.69) is 50.8 Å². The number of benzene rings is 3. The Morgan fingerprint density at radius 2 is 1.45 bits per heavy atom. The predicted octanol–water partition coefficient (Wildman–Crippen LogP) is 4.57. The highest BCUT2D eigenvalue weighted by molar-refractivity contribution is 6.06. The second-order valence-corrected chi connectivity index (χ2v) is 8.58. The number of ether oxygens (including phenoxy) is 1. The van der Waals surface area contributed by atoms with Crippen LogP contribution in [0.3, 0.4) is 0 Å². The number of aromatic nitrogens is 3. The van der Waals surface area contributed by atoms with Crippen molar-refractivity contribution < 1.29 is 4.74 Å². The Bertz CT molecular complexity index is 1420. The molecule has 6 nitrogen and oxygen atoms in total. The van der Waals surface area contributed by atoms with Crippen molar-refractivity contribution in [2.45, 2.75) is 6.54 Å². The molecule has 3 aromatic carbocycles. The van der Waals surface area contributed by atoms with E-state index in [1.165, 1.54) is 16.6 Å². The van der Waals surface area contributed by atoms with Gasteiger partial charge in [0.2, 0.25) is 0 Å². The minimum atomic E-state index is 0.902. The summed E-state index contributed by atoms with van der Waals surface area (Å²) >= 11 is 0. The Morgan fingerprint density at radius 1 is 0.758 bits per heavy atom. The Morgan fingerprint density at radius 3 is 2.21 bits per heavy atom. The van der Waals surface area contributed by atoms with E-state index in [1.807, 2.05) is 36.4 Å². The third-order valence-corrected chi connectivity index (χ3v) is 6.71. The molecule has 166 valence electrons. The molecule has 0 aliphatic carbocycles. The quantitative estimate of drug-likeness (QED) is 0.403. The predicted molar refractivity (Wildman–Crippen MR) is 134 cm³/mol. The molecule has 0 N–H and O–H groups in total. The molecule has 5 aromatic rings. The van der Waals surface area contributed by atoms with Crippen LogP contribution in [0.5, 0.6) is 5.75 Å².